The molecule has 2 aromatic heterocycles. The highest BCUT2D eigenvalue weighted by Gasteiger charge is 2.17. The minimum Gasteiger partial charge on any atom is -0.465 e. The third-order valence-corrected chi connectivity index (χ3v) is 3.94. The van der Waals surface area contributed by atoms with Crippen LogP contribution in [0.3, 0.4) is 0 Å². The highest BCUT2D eigenvalue weighted by Crippen LogP contribution is 2.24. The van der Waals surface area contributed by atoms with Crippen LogP contribution in [-0.4, -0.2) is 28.4 Å². The second-order valence-electron chi connectivity index (χ2n) is 4.04. The fraction of sp³-hybridized carbons (Fsp3) is 0.333. The number of hydrogen-bond donors (Lipinski definition) is 1. The van der Waals surface area contributed by atoms with Crippen molar-refractivity contribution >= 4 is 33.8 Å². The summed E-state index contributed by atoms with van der Waals surface area (Å²) in [5, 5.41) is 0.251. The average molecular weight is 296 g/mol. The predicted octanol–water partition coefficient (Wildman–Crippen LogP) is 0.435. The van der Waals surface area contributed by atoms with Crippen LogP contribution in [0.1, 0.15) is 22.2 Å². The number of thiophene rings is 1. The molecule has 0 aliphatic heterocycles. The maximum absolute atomic E-state index is 12.3. The number of esters is 1. The first-order chi connectivity index (χ1) is 9.49. The van der Waals surface area contributed by atoms with E-state index < -0.39 is 23.8 Å². The summed E-state index contributed by atoms with van der Waals surface area (Å²) >= 11 is 1.04. The molecule has 0 spiro atoms. The number of fused-ring (bicyclic) bond motifs is 1. The summed E-state index contributed by atoms with van der Waals surface area (Å²) in [6.07, 6.45) is 0.632. The van der Waals surface area contributed by atoms with Crippen LogP contribution in [0.15, 0.2) is 9.59 Å². The van der Waals surface area contributed by atoms with E-state index >= 15 is 0 Å². The lowest BCUT2D eigenvalue weighted by Crippen LogP contribution is -2.37. The number of aromatic amines is 1. The second kappa shape index (κ2) is 5.41. The molecule has 0 saturated heterocycles. The Morgan fingerprint density at radius 1 is 1.45 bits per heavy atom. The third kappa shape index (κ3) is 2.29. The topological polar surface area (TPSA) is 98.2 Å². The van der Waals surface area contributed by atoms with Gasteiger partial charge in [-0.25, -0.2) is 9.36 Å². The highest BCUT2D eigenvalue weighted by atomic mass is 32.1. The van der Waals surface area contributed by atoms with Gasteiger partial charge in [0, 0.05) is 0 Å². The Morgan fingerprint density at radius 2 is 2.15 bits per heavy atom. The van der Waals surface area contributed by atoms with Crippen molar-refractivity contribution in [2.45, 2.75) is 20.4 Å². The minimum absolute atomic E-state index is 0.167. The van der Waals surface area contributed by atoms with Gasteiger partial charge in [-0.2, -0.15) is 0 Å². The average Bonchev–Trinajstić information content (AvgIpc) is 2.71. The van der Waals surface area contributed by atoms with Gasteiger partial charge < -0.3 is 4.74 Å². The zero-order valence-corrected chi connectivity index (χ0v) is 11.7. The Morgan fingerprint density at radius 3 is 2.75 bits per heavy atom. The molecule has 0 aromatic carbocycles. The van der Waals surface area contributed by atoms with Gasteiger partial charge in [0.15, 0.2) is 6.29 Å². The molecular weight excluding hydrogens is 284 g/mol. The van der Waals surface area contributed by atoms with Crippen molar-refractivity contribution in [3.63, 3.8) is 0 Å². The van der Waals surface area contributed by atoms with Crippen LogP contribution in [0.2, 0.25) is 0 Å². The van der Waals surface area contributed by atoms with Crippen molar-refractivity contribution in [1.29, 1.82) is 0 Å². The van der Waals surface area contributed by atoms with Crippen molar-refractivity contribution in [2.75, 3.05) is 6.61 Å². The SMILES string of the molecule is CCOC(=O)Cn1c(=O)[nH]c2sc(C=O)c(C)c2c1=O. The third-order valence-electron chi connectivity index (χ3n) is 2.81. The molecule has 20 heavy (non-hydrogen) atoms. The summed E-state index contributed by atoms with van der Waals surface area (Å²) < 4.78 is 5.49. The van der Waals surface area contributed by atoms with Crippen molar-refractivity contribution in [1.82, 2.24) is 9.55 Å². The number of rotatable bonds is 4. The molecule has 1 N–H and O–H groups in total. The van der Waals surface area contributed by atoms with E-state index in [4.69, 9.17) is 4.74 Å². The number of carbonyl (C=O) groups excluding carboxylic acids is 2. The van der Waals surface area contributed by atoms with Gasteiger partial charge in [0.1, 0.15) is 11.4 Å². The Balaban J connectivity index is 2.65. The van der Waals surface area contributed by atoms with Crippen LogP contribution < -0.4 is 11.2 Å². The number of aldehydes is 1. The molecule has 0 atom stereocenters. The molecule has 0 aliphatic rings. The fourth-order valence-electron chi connectivity index (χ4n) is 1.86. The summed E-state index contributed by atoms with van der Waals surface area (Å²) in [5.41, 5.74) is -0.799. The van der Waals surface area contributed by atoms with Crippen LogP contribution in [0, 0.1) is 6.92 Å². The Kier molecular flexibility index (Phi) is 3.84. The molecule has 8 heteroatoms. The Labute approximate surface area is 116 Å². The van der Waals surface area contributed by atoms with E-state index in [0.717, 1.165) is 15.9 Å². The fourth-order valence-corrected chi connectivity index (χ4v) is 2.86. The van der Waals surface area contributed by atoms with Gasteiger partial charge in [0.2, 0.25) is 0 Å². The number of nitrogens with one attached hydrogen (secondary N) is 1. The van der Waals surface area contributed by atoms with E-state index in [1.807, 2.05) is 0 Å². The van der Waals surface area contributed by atoms with Crippen LogP contribution in [0.25, 0.3) is 10.2 Å². The molecule has 7 nitrogen and oxygen atoms in total. The van der Waals surface area contributed by atoms with Gasteiger partial charge in [0.05, 0.1) is 16.9 Å². The minimum atomic E-state index is -0.700. The van der Waals surface area contributed by atoms with Crippen molar-refractivity contribution in [3.8, 4) is 0 Å². The van der Waals surface area contributed by atoms with Crippen LogP contribution in [0.4, 0.5) is 0 Å². The number of H-pyrrole nitrogens is 1. The molecular formula is C12H12N2O5S. The standard InChI is InChI=1S/C12H12N2O5S/c1-3-19-8(16)4-14-11(17)9-6(2)7(5-15)20-10(9)13-12(14)18/h5H,3-4H2,1-2H3,(H,13,18). The highest BCUT2D eigenvalue weighted by molar-refractivity contribution is 7.20. The molecule has 2 heterocycles. The van der Waals surface area contributed by atoms with Gasteiger partial charge in [-0.1, -0.05) is 0 Å². The van der Waals surface area contributed by atoms with Crippen LogP contribution in [-0.2, 0) is 16.1 Å². The number of ether oxygens (including phenoxy) is 1. The molecule has 0 fully saturated rings. The van der Waals surface area contributed by atoms with Crippen LogP contribution in [0.5, 0.6) is 0 Å². The molecule has 0 saturated carbocycles. The number of aryl methyl sites for hydroxylation is 1. The lowest BCUT2D eigenvalue weighted by molar-refractivity contribution is -0.143. The summed E-state index contributed by atoms with van der Waals surface area (Å²) in [5.74, 6) is -0.664. The Bertz CT molecular complexity index is 799. The summed E-state index contributed by atoms with van der Waals surface area (Å²) in [4.78, 5) is 49.6. The summed E-state index contributed by atoms with van der Waals surface area (Å²) in [6, 6.07) is 0. The van der Waals surface area contributed by atoms with Gasteiger partial charge >= 0.3 is 11.7 Å². The number of nitrogens with zero attached hydrogens (tertiary/aromatic N) is 1. The summed E-state index contributed by atoms with van der Waals surface area (Å²) in [7, 11) is 0. The number of aromatic nitrogens is 2. The van der Waals surface area contributed by atoms with Crippen LogP contribution >= 0.6 is 11.3 Å². The maximum atomic E-state index is 12.3. The molecule has 2 rings (SSSR count). The maximum Gasteiger partial charge on any atom is 0.329 e. The monoisotopic (exact) mass is 296 g/mol. The zero-order chi connectivity index (χ0) is 14.9. The van der Waals surface area contributed by atoms with Gasteiger partial charge in [0.25, 0.3) is 5.56 Å². The smallest absolute Gasteiger partial charge is 0.329 e. The molecule has 2 aromatic rings. The van der Waals surface area contributed by atoms with E-state index in [0.29, 0.717) is 21.6 Å². The van der Waals surface area contributed by atoms with E-state index in [9.17, 15) is 19.2 Å². The van der Waals surface area contributed by atoms with Crippen molar-refractivity contribution < 1.29 is 14.3 Å². The first-order valence-electron chi connectivity index (χ1n) is 5.86. The first-order valence-corrected chi connectivity index (χ1v) is 6.68. The predicted molar refractivity (Wildman–Crippen MR) is 73.5 cm³/mol. The van der Waals surface area contributed by atoms with Gasteiger partial charge in [-0.05, 0) is 19.4 Å². The number of hydrogen-bond acceptors (Lipinski definition) is 6. The van der Waals surface area contributed by atoms with E-state index in [-0.39, 0.29) is 12.0 Å². The van der Waals surface area contributed by atoms with E-state index in [1.54, 1.807) is 13.8 Å². The van der Waals surface area contributed by atoms with Gasteiger partial charge in [-0.3, -0.25) is 19.4 Å². The molecule has 0 unspecified atom stereocenters. The Hall–Kier alpha value is -2.22. The largest absolute Gasteiger partial charge is 0.465 e. The normalized spacial score (nSPS) is 10.7. The number of carbonyl (C=O) groups is 2. The van der Waals surface area contributed by atoms with E-state index in [1.165, 1.54) is 0 Å². The molecule has 0 bridgehead atoms. The molecule has 0 amide bonds. The quantitative estimate of drug-likeness (QED) is 0.652. The van der Waals surface area contributed by atoms with Crippen molar-refractivity contribution in [2.24, 2.45) is 0 Å². The molecule has 0 radical (unpaired) electrons. The van der Waals surface area contributed by atoms with E-state index in [2.05, 4.69) is 4.98 Å². The molecule has 106 valence electrons. The van der Waals surface area contributed by atoms with Gasteiger partial charge in [-0.15, -0.1) is 11.3 Å². The second-order valence-corrected chi connectivity index (χ2v) is 5.09. The van der Waals surface area contributed by atoms with Crippen molar-refractivity contribution in [3.05, 3.63) is 31.3 Å². The first kappa shape index (κ1) is 14.2. The lowest BCUT2D eigenvalue weighted by atomic mass is 10.2. The summed E-state index contributed by atoms with van der Waals surface area (Å²) in [6.45, 7) is 2.97. The zero-order valence-electron chi connectivity index (χ0n) is 10.9. The lowest BCUT2D eigenvalue weighted by Gasteiger charge is -2.04. The molecule has 0 aliphatic carbocycles.